The van der Waals surface area contributed by atoms with Crippen LogP contribution in [-0.2, 0) is 9.53 Å². The molecule has 3 unspecified atom stereocenters. The Bertz CT molecular complexity index is 239. The molecule has 1 amide bonds. The first-order chi connectivity index (χ1) is 7.22. The second-order valence-corrected chi connectivity index (χ2v) is 4.61. The average molecular weight is 212 g/mol. The Morgan fingerprint density at radius 3 is 2.80 bits per heavy atom. The van der Waals surface area contributed by atoms with Crippen LogP contribution in [-0.4, -0.2) is 43.2 Å². The summed E-state index contributed by atoms with van der Waals surface area (Å²) in [6.07, 6.45) is 1.96. The van der Waals surface area contributed by atoms with Crippen LogP contribution < -0.4 is 5.73 Å². The van der Waals surface area contributed by atoms with E-state index in [4.69, 9.17) is 10.5 Å². The number of rotatable bonds is 4. The fraction of sp³-hybridized carbons (Fsp3) is 0.909. The average Bonchev–Trinajstić information content (AvgIpc) is 2.77. The number of carbonyl (C=O) groups excluding carboxylic acids is 1. The number of nitrogens with zero attached hydrogens (tertiary/aromatic N) is 1. The first-order valence-corrected chi connectivity index (χ1v) is 5.84. The molecule has 1 saturated heterocycles. The van der Waals surface area contributed by atoms with Crippen LogP contribution in [0.15, 0.2) is 0 Å². The summed E-state index contributed by atoms with van der Waals surface area (Å²) < 4.78 is 5.32. The van der Waals surface area contributed by atoms with Crippen molar-refractivity contribution in [1.29, 1.82) is 0 Å². The fourth-order valence-corrected chi connectivity index (χ4v) is 2.15. The predicted molar refractivity (Wildman–Crippen MR) is 57.3 cm³/mol. The van der Waals surface area contributed by atoms with Gasteiger partial charge in [0.1, 0.15) is 0 Å². The summed E-state index contributed by atoms with van der Waals surface area (Å²) in [4.78, 5) is 13.9. The third-order valence-corrected chi connectivity index (χ3v) is 3.35. The Morgan fingerprint density at radius 2 is 2.33 bits per heavy atom. The molecule has 0 bridgehead atoms. The second kappa shape index (κ2) is 4.49. The highest BCUT2D eigenvalue weighted by molar-refractivity contribution is 5.82. The molecule has 2 rings (SSSR count). The van der Waals surface area contributed by atoms with Crippen LogP contribution in [0.1, 0.15) is 19.8 Å². The molecule has 1 aliphatic heterocycles. The Hall–Kier alpha value is -0.610. The van der Waals surface area contributed by atoms with Gasteiger partial charge in [-0.1, -0.05) is 0 Å². The van der Waals surface area contributed by atoms with Crippen molar-refractivity contribution in [3.8, 4) is 0 Å². The van der Waals surface area contributed by atoms with Crippen LogP contribution in [0.4, 0.5) is 0 Å². The molecule has 1 aliphatic carbocycles. The molecule has 0 radical (unpaired) electrons. The summed E-state index contributed by atoms with van der Waals surface area (Å²) in [7, 11) is 0. The van der Waals surface area contributed by atoms with Crippen LogP contribution >= 0.6 is 0 Å². The van der Waals surface area contributed by atoms with Crippen molar-refractivity contribution in [2.75, 3.05) is 26.3 Å². The molecule has 2 N–H and O–H groups in total. The van der Waals surface area contributed by atoms with E-state index in [0.717, 1.165) is 39.1 Å². The summed E-state index contributed by atoms with van der Waals surface area (Å²) in [5, 5.41) is 0. The third-order valence-electron chi connectivity index (χ3n) is 3.35. The standard InChI is InChI=1S/C11H20N2O2/c1-2-13(6-8-3-4-15-7-8)11(14)9-5-10(9)12/h8-10H,2-7,12H2,1H3. The lowest BCUT2D eigenvalue weighted by molar-refractivity contribution is -0.133. The van der Waals surface area contributed by atoms with Gasteiger partial charge in [-0.2, -0.15) is 0 Å². The fourth-order valence-electron chi connectivity index (χ4n) is 2.15. The summed E-state index contributed by atoms with van der Waals surface area (Å²) in [6.45, 7) is 5.32. The van der Waals surface area contributed by atoms with Gasteiger partial charge >= 0.3 is 0 Å². The van der Waals surface area contributed by atoms with Crippen LogP contribution in [0.5, 0.6) is 0 Å². The van der Waals surface area contributed by atoms with Crippen molar-refractivity contribution in [2.45, 2.75) is 25.8 Å². The molecule has 3 atom stereocenters. The number of amides is 1. The van der Waals surface area contributed by atoms with E-state index in [2.05, 4.69) is 0 Å². The minimum absolute atomic E-state index is 0.104. The van der Waals surface area contributed by atoms with Gasteiger partial charge in [0.05, 0.1) is 12.5 Å². The van der Waals surface area contributed by atoms with Crippen LogP contribution in [0.25, 0.3) is 0 Å². The summed E-state index contributed by atoms with van der Waals surface area (Å²) >= 11 is 0. The molecule has 2 fully saturated rings. The molecule has 86 valence electrons. The van der Waals surface area contributed by atoms with Crippen LogP contribution in [0, 0.1) is 11.8 Å². The van der Waals surface area contributed by atoms with Gasteiger partial charge in [-0.15, -0.1) is 0 Å². The molecule has 4 nitrogen and oxygen atoms in total. The zero-order chi connectivity index (χ0) is 10.8. The van der Waals surface area contributed by atoms with E-state index < -0.39 is 0 Å². The highest BCUT2D eigenvalue weighted by atomic mass is 16.5. The minimum atomic E-state index is 0.104. The molecular weight excluding hydrogens is 192 g/mol. The first-order valence-electron chi connectivity index (χ1n) is 5.84. The first kappa shape index (κ1) is 10.9. The normalized spacial score (nSPS) is 34.1. The lowest BCUT2D eigenvalue weighted by atomic mass is 10.1. The Balaban J connectivity index is 1.83. The Labute approximate surface area is 90.8 Å². The van der Waals surface area contributed by atoms with Crippen molar-refractivity contribution in [3.05, 3.63) is 0 Å². The summed E-state index contributed by atoms with van der Waals surface area (Å²) in [5.74, 6) is 0.882. The molecule has 1 saturated carbocycles. The molecule has 2 aliphatic rings. The smallest absolute Gasteiger partial charge is 0.227 e. The van der Waals surface area contributed by atoms with Gasteiger partial charge in [0.2, 0.25) is 5.91 Å². The van der Waals surface area contributed by atoms with Crippen LogP contribution in [0.2, 0.25) is 0 Å². The maximum atomic E-state index is 11.9. The van der Waals surface area contributed by atoms with Crippen LogP contribution in [0.3, 0.4) is 0 Å². The van der Waals surface area contributed by atoms with E-state index in [0.29, 0.717) is 5.92 Å². The molecule has 0 aromatic rings. The quantitative estimate of drug-likeness (QED) is 0.725. The molecule has 1 heterocycles. The lowest BCUT2D eigenvalue weighted by Crippen LogP contribution is -2.37. The van der Waals surface area contributed by atoms with Crippen molar-refractivity contribution >= 4 is 5.91 Å². The second-order valence-electron chi connectivity index (χ2n) is 4.61. The number of hydrogen-bond donors (Lipinski definition) is 1. The van der Waals surface area contributed by atoms with Gasteiger partial charge in [0.25, 0.3) is 0 Å². The van der Waals surface area contributed by atoms with Gasteiger partial charge in [0, 0.05) is 31.7 Å². The zero-order valence-electron chi connectivity index (χ0n) is 9.32. The summed E-state index contributed by atoms with van der Waals surface area (Å²) in [6, 6.07) is 0.117. The molecule has 0 spiro atoms. The van der Waals surface area contributed by atoms with E-state index in [1.807, 2.05) is 11.8 Å². The van der Waals surface area contributed by atoms with E-state index in [1.165, 1.54) is 0 Å². The number of hydrogen-bond acceptors (Lipinski definition) is 3. The SMILES string of the molecule is CCN(CC1CCOC1)C(=O)C1CC1N. The maximum absolute atomic E-state index is 11.9. The van der Waals surface area contributed by atoms with E-state index in [9.17, 15) is 4.79 Å². The maximum Gasteiger partial charge on any atom is 0.227 e. The van der Waals surface area contributed by atoms with Gasteiger partial charge in [-0.05, 0) is 19.8 Å². The highest BCUT2D eigenvalue weighted by Crippen LogP contribution is 2.30. The van der Waals surface area contributed by atoms with E-state index >= 15 is 0 Å². The number of ether oxygens (including phenoxy) is 1. The minimum Gasteiger partial charge on any atom is -0.381 e. The van der Waals surface area contributed by atoms with Crippen molar-refractivity contribution in [1.82, 2.24) is 4.90 Å². The lowest BCUT2D eigenvalue weighted by Gasteiger charge is -2.23. The highest BCUT2D eigenvalue weighted by Gasteiger charge is 2.42. The molecule has 15 heavy (non-hydrogen) atoms. The third kappa shape index (κ3) is 2.49. The van der Waals surface area contributed by atoms with Crippen molar-refractivity contribution in [2.24, 2.45) is 17.6 Å². The molecule has 0 aromatic heterocycles. The zero-order valence-corrected chi connectivity index (χ0v) is 9.32. The van der Waals surface area contributed by atoms with E-state index in [-0.39, 0.29) is 17.9 Å². The van der Waals surface area contributed by atoms with Crippen molar-refractivity contribution in [3.63, 3.8) is 0 Å². The monoisotopic (exact) mass is 212 g/mol. The number of nitrogens with two attached hydrogens (primary N) is 1. The summed E-state index contributed by atoms with van der Waals surface area (Å²) in [5.41, 5.74) is 5.70. The largest absolute Gasteiger partial charge is 0.381 e. The predicted octanol–water partition coefficient (Wildman–Crippen LogP) is 0.219. The molecule has 0 aromatic carbocycles. The van der Waals surface area contributed by atoms with Crippen molar-refractivity contribution < 1.29 is 9.53 Å². The van der Waals surface area contributed by atoms with Gasteiger partial charge in [-0.25, -0.2) is 0 Å². The number of carbonyl (C=O) groups is 1. The Kier molecular flexibility index (Phi) is 3.26. The van der Waals surface area contributed by atoms with Gasteiger partial charge in [-0.3, -0.25) is 4.79 Å². The Morgan fingerprint density at radius 1 is 1.60 bits per heavy atom. The van der Waals surface area contributed by atoms with Gasteiger partial charge in [0.15, 0.2) is 0 Å². The van der Waals surface area contributed by atoms with Gasteiger partial charge < -0.3 is 15.4 Å². The van der Waals surface area contributed by atoms with E-state index in [1.54, 1.807) is 0 Å². The molecular formula is C11H20N2O2. The molecule has 4 heteroatoms. The topological polar surface area (TPSA) is 55.6 Å².